The molecule has 102 valence electrons. The molecule has 2 N–H and O–H groups in total. The van der Waals surface area contributed by atoms with Crippen molar-refractivity contribution in [2.24, 2.45) is 0 Å². The lowest BCUT2D eigenvalue weighted by molar-refractivity contribution is 0.373. The molecule has 1 aromatic carbocycles. The maximum atomic E-state index is 4.56. The number of pyridine rings is 1. The molecule has 2 aromatic rings. The van der Waals surface area contributed by atoms with Crippen LogP contribution >= 0.6 is 0 Å². The molecule has 4 heteroatoms. The lowest BCUT2D eigenvalue weighted by Gasteiger charge is -2.32. The highest BCUT2D eigenvalue weighted by molar-refractivity contribution is 5.77. The average molecular weight is 266 g/mol. The molecule has 20 heavy (non-hydrogen) atoms. The van der Waals surface area contributed by atoms with E-state index in [4.69, 9.17) is 0 Å². The Hall–Kier alpha value is -2.07. The number of hydrogen-bond acceptors (Lipinski definition) is 4. The normalized spacial score (nSPS) is 20.2. The molecule has 0 bridgehead atoms. The van der Waals surface area contributed by atoms with Gasteiger partial charge in [0.2, 0.25) is 0 Å². The molecule has 1 atom stereocenters. The van der Waals surface area contributed by atoms with Crippen LogP contribution in [0.1, 0.15) is 6.42 Å². The van der Waals surface area contributed by atoms with Gasteiger partial charge in [-0.05, 0) is 24.6 Å². The van der Waals surface area contributed by atoms with E-state index in [9.17, 15) is 0 Å². The number of hydrogen-bond donors (Lipinski definition) is 2. The number of nitrogens with zero attached hydrogens (tertiary/aromatic N) is 2. The molecule has 0 radical (unpaired) electrons. The SMILES string of the molecule is c1ccc(-c2cnc3c(c2)N(C[C@H]2CCN2)CN3)cc1. The third-order valence-electron chi connectivity index (χ3n) is 4.12. The van der Waals surface area contributed by atoms with Crippen LogP contribution in [0, 0.1) is 0 Å². The topological polar surface area (TPSA) is 40.2 Å². The summed E-state index contributed by atoms with van der Waals surface area (Å²) in [4.78, 5) is 6.94. The molecule has 2 aliphatic rings. The Balaban J connectivity index is 1.64. The van der Waals surface area contributed by atoms with Crippen LogP contribution in [-0.2, 0) is 0 Å². The molecule has 1 fully saturated rings. The van der Waals surface area contributed by atoms with Gasteiger partial charge in [0.1, 0.15) is 0 Å². The maximum absolute atomic E-state index is 4.56. The van der Waals surface area contributed by atoms with Gasteiger partial charge in [0.15, 0.2) is 5.82 Å². The third kappa shape index (κ3) is 2.02. The summed E-state index contributed by atoms with van der Waals surface area (Å²) in [6, 6.07) is 13.3. The molecular weight excluding hydrogens is 248 g/mol. The van der Waals surface area contributed by atoms with Crippen LogP contribution in [-0.4, -0.2) is 30.8 Å². The van der Waals surface area contributed by atoms with E-state index in [-0.39, 0.29) is 0 Å². The van der Waals surface area contributed by atoms with Gasteiger partial charge in [-0.2, -0.15) is 0 Å². The summed E-state index contributed by atoms with van der Waals surface area (Å²) in [6.07, 6.45) is 3.23. The molecule has 0 amide bonds. The zero-order chi connectivity index (χ0) is 13.4. The Labute approximate surface area is 118 Å². The first-order valence-electron chi connectivity index (χ1n) is 7.18. The van der Waals surface area contributed by atoms with Crippen LogP contribution in [0.5, 0.6) is 0 Å². The van der Waals surface area contributed by atoms with Crippen molar-refractivity contribution < 1.29 is 0 Å². The number of benzene rings is 1. The second kappa shape index (κ2) is 4.80. The van der Waals surface area contributed by atoms with Crippen LogP contribution in [0.4, 0.5) is 11.5 Å². The van der Waals surface area contributed by atoms with Gasteiger partial charge in [0.05, 0.1) is 12.4 Å². The maximum Gasteiger partial charge on any atom is 0.151 e. The number of nitrogens with one attached hydrogen (secondary N) is 2. The highest BCUT2D eigenvalue weighted by Gasteiger charge is 2.25. The second-order valence-electron chi connectivity index (χ2n) is 5.45. The molecule has 1 aromatic heterocycles. The predicted molar refractivity (Wildman–Crippen MR) is 81.9 cm³/mol. The van der Waals surface area contributed by atoms with E-state index in [1.165, 1.54) is 23.2 Å². The minimum absolute atomic E-state index is 0.628. The Kier molecular flexibility index (Phi) is 2.81. The molecule has 1 saturated heterocycles. The monoisotopic (exact) mass is 266 g/mol. The summed E-state index contributed by atoms with van der Waals surface area (Å²) in [5, 5.41) is 6.83. The van der Waals surface area contributed by atoms with Gasteiger partial charge in [0, 0.05) is 24.3 Å². The zero-order valence-corrected chi connectivity index (χ0v) is 11.3. The lowest BCUT2D eigenvalue weighted by atomic mass is 10.1. The summed E-state index contributed by atoms with van der Waals surface area (Å²) in [7, 11) is 0. The van der Waals surface area contributed by atoms with Crippen molar-refractivity contribution in [1.82, 2.24) is 10.3 Å². The number of aromatic nitrogens is 1. The van der Waals surface area contributed by atoms with Crippen molar-refractivity contribution in [3.05, 3.63) is 42.6 Å². The fraction of sp³-hybridized carbons (Fsp3) is 0.312. The van der Waals surface area contributed by atoms with Crippen molar-refractivity contribution in [2.45, 2.75) is 12.5 Å². The first kappa shape index (κ1) is 11.7. The van der Waals surface area contributed by atoms with Crippen molar-refractivity contribution in [3.63, 3.8) is 0 Å². The van der Waals surface area contributed by atoms with Crippen LogP contribution in [0.2, 0.25) is 0 Å². The average Bonchev–Trinajstić information content (AvgIpc) is 2.86. The van der Waals surface area contributed by atoms with E-state index in [0.29, 0.717) is 6.04 Å². The highest BCUT2D eigenvalue weighted by Crippen LogP contribution is 2.33. The molecular formula is C16H18N4. The van der Waals surface area contributed by atoms with E-state index >= 15 is 0 Å². The summed E-state index contributed by atoms with van der Waals surface area (Å²) in [6.45, 7) is 3.07. The zero-order valence-electron chi connectivity index (χ0n) is 11.3. The van der Waals surface area contributed by atoms with Gasteiger partial charge >= 0.3 is 0 Å². The predicted octanol–water partition coefficient (Wildman–Crippen LogP) is 2.30. The number of anilines is 2. The van der Waals surface area contributed by atoms with Gasteiger partial charge in [-0.15, -0.1) is 0 Å². The summed E-state index contributed by atoms with van der Waals surface area (Å²) < 4.78 is 0. The van der Waals surface area contributed by atoms with Crippen LogP contribution in [0.15, 0.2) is 42.6 Å². The van der Waals surface area contributed by atoms with Gasteiger partial charge in [-0.1, -0.05) is 30.3 Å². The summed E-state index contributed by atoms with van der Waals surface area (Å²) in [5.74, 6) is 1.00. The number of rotatable bonds is 3. The lowest BCUT2D eigenvalue weighted by Crippen LogP contribution is -2.50. The van der Waals surface area contributed by atoms with Crippen LogP contribution in [0.3, 0.4) is 0 Å². The van der Waals surface area contributed by atoms with E-state index in [1.807, 2.05) is 12.3 Å². The van der Waals surface area contributed by atoms with Crippen molar-refractivity contribution >= 4 is 11.5 Å². The van der Waals surface area contributed by atoms with Crippen molar-refractivity contribution in [2.75, 3.05) is 30.0 Å². The molecule has 0 unspecified atom stereocenters. The minimum atomic E-state index is 0.628. The Morgan fingerprint density at radius 1 is 1.20 bits per heavy atom. The number of fused-ring (bicyclic) bond motifs is 1. The third-order valence-corrected chi connectivity index (χ3v) is 4.12. The van der Waals surface area contributed by atoms with Crippen LogP contribution < -0.4 is 15.5 Å². The molecule has 4 rings (SSSR count). The van der Waals surface area contributed by atoms with Crippen molar-refractivity contribution in [1.29, 1.82) is 0 Å². The molecule has 2 aliphatic heterocycles. The minimum Gasteiger partial charge on any atom is -0.351 e. The van der Waals surface area contributed by atoms with Gasteiger partial charge in [-0.25, -0.2) is 4.98 Å². The Morgan fingerprint density at radius 3 is 2.80 bits per heavy atom. The van der Waals surface area contributed by atoms with Gasteiger partial charge in [0.25, 0.3) is 0 Å². The molecule has 0 saturated carbocycles. The smallest absolute Gasteiger partial charge is 0.151 e. The highest BCUT2D eigenvalue weighted by atomic mass is 15.3. The van der Waals surface area contributed by atoms with E-state index in [2.05, 4.69) is 50.8 Å². The van der Waals surface area contributed by atoms with E-state index in [1.54, 1.807) is 0 Å². The fourth-order valence-corrected chi connectivity index (χ4v) is 2.81. The fourth-order valence-electron chi connectivity index (χ4n) is 2.81. The molecule has 3 heterocycles. The standard InChI is InChI=1S/C16H18N4/c1-2-4-12(5-3-1)13-8-15-16(18-9-13)19-11-20(15)10-14-6-7-17-14/h1-5,8-9,14,17H,6-7,10-11H2,(H,18,19)/t14-/m1/s1. The van der Waals surface area contributed by atoms with E-state index in [0.717, 1.165) is 25.6 Å². The second-order valence-corrected chi connectivity index (χ2v) is 5.45. The van der Waals surface area contributed by atoms with Gasteiger partial charge < -0.3 is 15.5 Å². The molecule has 4 nitrogen and oxygen atoms in total. The van der Waals surface area contributed by atoms with Gasteiger partial charge in [-0.3, -0.25) is 0 Å². The molecule has 0 aliphatic carbocycles. The van der Waals surface area contributed by atoms with Crippen molar-refractivity contribution in [3.8, 4) is 11.1 Å². The summed E-state index contributed by atoms with van der Waals surface area (Å²) >= 11 is 0. The first-order valence-corrected chi connectivity index (χ1v) is 7.18. The largest absolute Gasteiger partial charge is 0.351 e. The molecule has 0 spiro atoms. The van der Waals surface area contributed by atoms with Crippen LogP contribution in [0.25, 0.3) is 11.1 Å². The Morgan fingerprint density at radius 2 is 2.05 bits per heavy atom. The summed E-state index contributed by atoms with van der Waals surface area (Å²) in [5.41, 5.74) is 3.62. The first-order chi connectivity index (χ1) is 9.90. The Bertz CT molecular complexity index is 607. The quantitative estimate of drug-likeness (QED) is 0.894. The van der Waals surface area contributed by atoms with E-state index < -0.39 is 0 Å².